The summed E-state index contributed by atoms with van der Waals surface area (Å²) in [5.41, 5.74) is -0.622. The van der Waals surface area contributed by atoms with Crippen molar-refractivity contribution in [1.29, 1.82) is 0 Å². The van der Waals surface area contributed by atoms with E-state index >= 15 is 0 Å². The fourth-order valence-electron chi connectivity index (χ4n) is 1.49. The fraction of sp³-hybridized carbons (Fsp3) is 0.182. The van der Waals surface area contributed by atoms with Gasteiger partial charge in [-0.1, -0.05) is 17.7 Å². The van der Waals surface area contributed by atoms with E-state index in [4.69, 9.17) is 16.7 Å². The summed E-state index contributed by atoms with van der Waals surface area (Å²) in [5.74, 6) is -2.06. The molecule has 1 aromatic carbocycles. The number of carbonyl (C=O) groups is 1. The van der Waals surface area contributed by atoms with E-state index in [2.05, 4.69) is 6.58 Å². The number of hydrogen-bond donors (Lipinski definition) is 1. The molecule has 0 fully saturated rings. The van der Waals surface area contributed by atoms with Crippen LogP contribution in [-0.4, -0.2) is 29.1 Å². The number of aliphatic carboxylic acids is 1. The van der Waals surface area contributed by atoms with Gasteiger partial charge in [0.15, 0.2) is 0 Å². The zero-order valence-corrected chi connectivity index (χ0v) is 10.4. The molecule has 0 aliphatic carbocycles. The van der Waals surface area contributed by atoms with Crippen molar-refractivity contribution in [3.8, 4) is 0 Å². The SMILES string of the molecule is C=CCN(CC(=O)O)c1cc(F)c(Cl)cc1[N+](=O)[O-]. The first kappa shape index (κ1) is 14.9. The van der Waals surface area contributed by atoms with Gasteiger partial charge in [0.1, 0.15) is 18.0 Å². The van der Waals surface area contributed by atoms with Crippen LogP contribution >= 0.6 is 11.6 Å². The van der Waals surface area contributed by atoms with E-state index in [1.807, 2.05) is 0 Å². The number of nitrogens with zero attached hydrogens (tertiary/aromatic N) is 2. The predicted octanol–water partition coefficient (Wildman–Crippen LogP) is 2.46. The Morgan fingerprint density at radius 1 is 1.63 bits per heavy atom. The van der Waals surface area contributed by atoms with Gasteiger partial charge in [-0.15, -0.1) is 6.58 Å². The Hall–Kier alpha value is -2.15. The molecule has 1 N–H and O–H groups in total. The van der Waals surface area contributed by atoms with Gasteiger partial charge in [0.2, 0.25) is 0 Å². The zero-order chi connectivity index (χ0) is 14.6. The molecule has 19 heavy (non-hydrogen) atoms. The Labute approximate surface area is 112 Å². The summed E-state index contributed by atoms with van der Waals surface area (Å²) < 4.78 is 13.4. The van der Waals surface area contributed by atoms with E-state index in [1.54, 1.807) is 0 Å². The summed E-state index contributed by atoms with van der Waals surface area (Å²) in [7, 11) is 0. The highest BCUT2D eigenvalue weighted by atomic mass is 35.5. The van der Waals surface area contributed by atoms with Gasteiger partial charge in [-0.3, -0.25) is 14.9 Å². The van der Waals surface area contributed by atoms with Crippen LogP contribution in [0.25, 0.3) is 0 Å². The second kappa shape index (κ2) is 6.14. The number of hydrogen-bond acceptors (Lipinski definition) is 4. The lowest BCUT2D eigenvalue weighted by Gasteiger charge is -2.21. The number of carboxylic acid groups (broad SMARTS) is 1. The number of halogens is 2. The molecule has 0 radical (unpaired) electrons. The maximum Gasteiger partial charge on any atom is 0.323 e. The molecule has 1 aromatic rings. The molecule has 0 unspecified atom stereocenters. The van der Waals surface area contributed by atoms with Crippen molar-refractivity contribution in [3.05, 3.63) is 45.7 Å². The van der Waals surface area contributed by atoms with E-state index in [1.165, 1.54) is 6.08 Å². The van der Waals surface area contributed by atoms with Crippen LogP contribution in [0, 0.1) is 15.9 Å². The number of carboxylic acids is 1. The van der Waals surface area contributed by atoms with Crippen LogP contribution in [-0.2, 0) is 4.79 Å². The normalized spacial score (nSPS) is 10.0. The number of anilines is 1. The van der Waals surface area contributed by atoms with Gasteiger partial charge in [0, 0.05) is 18.7 Å². The van der Waals surface area contributed by atoms with E-state index in [-0.39, 0.29) is 12.2 Å². The molecule has 0 atom stereocenters. The summed E-state index contributed by atoms with van der Waals surface area (Å²) in [6.45, 7) is 2.93. The molecular formula is C11H10ClFN2O4. The third-order valence-electron chi connectivity index (χ3n) is 2.23. The van der Waals surface area contributed by atoms with Crippen LogP contribution in [0.1, 0.15) is 0 Å². The summed E-state index contributed by atoms with van der Waals surface area (Å²) in [6.07, 6.45) is 1.36. The van der Waals surface area contributed by atoms with Crippen molar-refractivity contribution in [1.82, 2.24) is 0 Å². The molecule has 0 spiro atoms. The largest absolute Gasteiger partial charge is 0.480 e. The quantitative estimate of drug-likeness (QED) is 0.494. The van der Waals surface area contributed by atoms with Crippen molar-refractivity contribution in [2.75, 3.05) is 18.0 Å². The molecule has 0 saturated heterocycles. The highest BCUT2D eigenvalue weighted by molar-refractivity contribution is 6.31. The van der Waals surface area contributed by atoms with Crippen molar-refractivity contribution in [2.45, 2.75) is 0 Å². The number of nitro benzene ring substituents is 1. The van der Waals surface area contributed by atoms with Crippen LogP contribution in [0.4, 0.5) is 15.8 Å². The maximum atomic E-state index is 13.4. The second-order valence-corrected chi connectivity index (χ2v) is 3.98. The Morgan fingerprint density at radius 3 is 2.74 bits per heavy atom. The summed E-state index contributed by atoms with van der Waals surface area (Å²) >= 11 is 5.48. The van der Waals surface area contributed by atoms with Gasteiger partial charge in [-0.2, -0.15) is 0 Å². The average Bonchev–Trinajstić information content (AvgIpc) is 2.30. The molecule has 0 saturated carbocycles. The molecule has 1 rings (SSSR count). The minimum atomic E-state index is -1.20. The number of nitro groups is 1. The first-order valence-corrected chi connectivity index (χ1v) is 5.45. The Morgan fingerprint density at radius 2 is 2.26 bits per heavy atom. The molecule has 0 amide bonds. The van der Waals surface area contributed by atoms with Crippen LogP contribution in [0.2, 0.25) is 5.02 Å². The van der Waals surface area contributed by atoms with Crippen molar-refractivity contribution < 1.29 is 19.2 Å². The second-order valence-electron chi connectivity index (χ2n) is 3.58. The van der Waals surface area contributed by atoms with Crippen molar-refractivity contribution in [2.24, 2.45) is 0 Å². The molecule has 0 aromatic heterocycles. The van der Waals surface area contributed by atoms with Gasteiger partial charge < -0.3 is 10.0 Å². The van der Waals surface area contributed by atoms with Crippen LogP contribution in [0.15, 0.2) is 24.8 Å². The third-order valence-corrected chi connectivity index (χ3v) is 2.52. The van der Waals surface area contributed by atoms with Gasteiger partial charge in [-0.05, 0) is 0 Å². The van der Waals surface area contributed by atoms with Gasteiger partial charge in [0.25, 0.3) is 5.69 Å². The molecular weight excluding hydrogens is 279 g/mol. The van der Waals surface area contributed by atoms with Crippen LogP contribution in [0.3, 0.4) is 0 Å². The molecule has 0 bridgehead atoms. The van der Waals surface area contributed by atoms with Crippen molar-refractivity contribution in [3.63, 3.8) is 0 Å². The lowest BCUT2D eigenvalue weighted by Crippen LogP contribution is -2.30. The maximum absolute atomic E-state index is 13.4. The monoisotopic (exact) mass is 288 g/mol. The minimum Gasteiger partial charge on any atom is -0.480 e. The van der Waals surface area contributed by atoms with E-state index < -0.39 is 34.0 Å². The highest BCUT2D eigenvalue weighted by Crippen LogP contribution is 2.33. The lowest BCUT2D eigenvalue weighted by molar-refractivity contribution is -0.384. The molecule has 0 heterocycles. The van der Waals surface area contributed by atoms with Crippen molar-refractivity contribution >= 4 is 28.9 Å². The molecule has 0 aliphatic rings. The first-order valence-electron chi connectivity index (χ1n) is 5.08. The topological polar surface area (TPSA) is 83.7 Å². The third kappa shape index (κ3) is 3.65. The van der Waals surface area contributed by atoms with Gasteiger partial charge in [-0.25, -0.2) is 4.39 Å². The smallest absolute Gasteiger partial charge is 0.323 e. The Balaban J connectivity index is 3.34. The fourth-order valence-corrected chi connectivity index (χ4v) is 1.65. The number of rotatable bonds is 6. The summed E-state index contributed by atoms with van der Waals surface area (Å²) in [5, 5.41) is 19.3. The molecule has 102 valence electrons. The average molecular weight is 289 g/mol. The molecule has 6 nitrogen and oxygen atoms in total. The molecule has 0 aliphatic heterocycles. The van der Waals surface area contributed by atoms with Gasteiger partial charge in [0.05, 0.1) is 9.95 Å². The van der Waals surface area contributed by atoms with E-state index in [0.29, 0.717) is 0 Å². The Kier molecular flexibility index (Phi) is 4.82. The van der Waals surface area contributed by atoms with Crippen LogP contribution in [0.5, 0.6) is 0 Å². The van der Waals surface area contributed by atoms with E-state index in [9.17, 15) is 19.3 Å². The summed E-state index contributed by atoms with van der Waals surface area (Å²) in [4.78, 5) is 22.0. The van der Waals surface area contributed by atoms with E-state index in [0.717, 1.165) is 17.0 Å². The summed E-state index contributed by atoms with van der Waals surface area (Å²) in [6, 6.07) is 1.69. The predicted molar refractivity (Wildman–Crippen MR) is 68.1 cm³/mol. The van der Waals surface area contributed by atoms with Gasteiger partial charge >= 0.3 is 5.97 Å². The Bertz CT molecular complexity index is 536. The highest BCUT2D eigenvalue weighted by Gasteiger charge is 2.23. The zero-order valence-electron chi connectivity index (χ0n) is 9.68. The number of benzene rings is 1. The minimum absolute atomic E-state index is 0.0220. The standard InChI is InChI=1S/C11H10ClFN2O4/c1-2-3-14(6-11(16)17)9-5-8(13)7(12)4-10(9)15(18)19/h2,4-5H,1,3,6H2,(H,16,17). The lowest BCUT2D eigenvalue weighted by atomic mass is 10.2. The van der Waals surface area contributed by atoms with Crippen LogP contribution < -0.4 is 4.90 Å². The first-order chi connectivity index (χ1) is 8.86. The molecule has 8 heteroatoms.